The molecule has 0 heterocycles. The lowest BCUT2D eigenvalue weighted by molar-refractivity contribution is -0.146. The maximum absolute atomic E-state index is 11.5. The fraction of sp³-hybridized carbons (Fsp3) is 0.429. The molecule has 0 spiro atoms. The van der Waals surface area contributed by atoms with E-state index in [4.69, 9.17) is 14.9 Å². The van der Waals surface area contributed by atoms with Gasteiger partial charge in [-0.1, -0.05) is 17.7 Å². The van der Waals surface area contributed by atoms with Crippen LogP contribution in [0.25, 0.3) is 0 Å². The van der Waals surface area contributed by atoms with Crippen LogP contribution in [0.5, 0.6) is 5.75 Å². The molecular weight excluding hydrogens is 262 g/mol. The van der Waals surface area contributed by atoms with Gasteiger partial charge in [0.2, 0.25) is 0 Å². The molecule has 6 heteroatoms. The molecule has 1 aromatic carbocycles. The Labute approximate surface area is 117 Å². The van der Waals surface area contributed by atoms with Crippen molar-refractivity contribution in [2.75, 3.05) is 13.2 Å². The van der Waals surface area contributed by atoms with Crippen LogP contribution < -0.4 is 10.1 Å². The first-order valence-electron chi connectivity index (χ1n) is 6.19. The Bertz CT molecular complexity index is 489. The molecule has 0 radical (unpaired) electrons. The van der Waals surface area contributed by atoms with E-state index in [0.29, 0.717) is 5.75 Å². The number of nitrogens with one attached hydrogen (secondary N) is 1. The van der Waals surface area contributed by atoms with Gasteiger partial charge in [-0.25, -0.2) is 4.79 Å². The van der Waals surface area contributed by atoms with E-state index in [0.717, 1.165) is 16.7 Å². The van der Waals surface area contributed by atoms with Crippen molar-refractivity contribution in [3.8, 4) is 5.75 Å². The van der Waals surface area contributed by atoms with Gasteiger partial charge in [0, 0.05) is 0 Å². The van der Waals surface area contributed by atoms with Crippen LogP contribution in [0.2, 0.25) is 0 Å². The number of carbonyl (C=O) groups is 2. The van der Waals surface area contributed by atoms with Crippen LogP contribution in [-0.4, -0.2) is 41.3 Å². The number of aliphatic hydroxyl groups excluding tert-OH is 1. The highest BCUT2D eigenvalue weighted by atomic mass is 16.5. The van der Waals surface area contributed by atoms with Crippen molar-refractivity contribution in [1.29, 1.82) is 0 Å². The van der Waals surface area contributed by atoms with Gasteiger partial charge in [-0.2, -0.15) is 0 Å². The van der Waals surface area contributed by atoms with Gasteiger partial charge >= 0.3 is 5.97 Å². The van der Waals surface area contributed by atoms with Crippen LogP contribution in [0.3, 0.4) is 0 Å². The lowest BCUT2D eigenvalue weighted by Gasteiger charge is -2.13. The van der Waals surface area contributed by atoms with Crippen molar-refractivity contribution < 1.29 is 24.5 Å². The molecule has 1 aromatic rings. The molecule has 0 aliphatic carbocycles. The van der Waals surface area contributed by atoms with Crippen LogP contribution in [0.1, 0.15) is 16.7 Å². The molecule has 0 aliphatic heterocycles. The minimum atomic E-state index is -1.61. The zero-order valence-corrected chi connectivity index (χ0v) is 11.8. The van der Waals surface area contributed by atoms with Crippen LogP contribution >= 0.6 is 0 Å². The van der Waals surface area contributed by atoms with Crippen molar-refractivity contribution in [1.82, 2.24) is 5.32 Å². The first kappa shape index (κ1) is 16.0. The third-order valence-corrected chi connectivity index (χ3v) is 2.73. The molecule has 0 aromatic heterocycles. The average Bonchev–Trinajstić information content (AvgIpc) is 2.34. The number of hydrogen-bond donors (Lipinski definition) is 3. The third kappa shape index (κ3) is 4.55. The first-order chi connectivity index (χ1) is 9.31. The largest absolute Gasteiger partial charge is 0.483 e. The summed E-state index contributed by atoms with van der Waals surface area (Å²) in [5.74, 6) is -1.22. The summed E-state index contributed by atoms with van der Waals surface area (Å²) in [6.45, 7) is 5.19. The molecule has 1 rings (SSSR count). The van der Waals surface area contributed by atoms with Crippen LogP contribution in [0, 0.1) is 20.8 Å². The number of aryl methyl sites for hydroxylation is 3. The fourth-order valence-corrected chi connectivity index (χ4v) is 1.88. The second kappa shape index (κ2) is 6.91. The summed E-state index contributed by atoms with van der Waals surface area (Å²) < 4.78 is 5.44. The van der Waals surface area contributed by atoms with Crippen molar-refractivity contribution in [3.05, 3.63) is 28.8 Å². The predicted octanol–water partition coefficient (Wildman–Crippen LogP) is 0.552. The summed E-state index contributed by atoms with van der Waals surface area (Å²) in [7, 11) is 0. The number of benzene rings is 1. The first-order valence-corrected chi connectivity index (χ1v) is 6.19. The van der Waals surface area contributed by atoms with E-state index in [1.54, 1.807) is 0 Å². The number of rotatable bonds is 6. The van der Waals surface area contributed by atoms with E-state index < -0.39 is 18.0 Å². The molecule has 0 aliphatic rings. The number of amides is 1. The summed E-state index contributed by atoms with van der Waals surface area (Å²) >= 11 is 0. The third-order valence-electron chi connectivity index (χ3n) is 2.73. The Hall–Kier alpha value is -2.08. The molecule has 1 atom stereocenters. The maximum Gasteiger partial charge on any atom is 0.334 e. The predicted molar refractivity (Wildman–Crippen MR) is 72.8 cm³/mol. The number of carboxylic acid groups (broad SMARTS) is 1. The Kier molecular flexibility index (Phi) is 5.52. The Morgan fingerprint density at radius 3 is 2.30 bits per heavy atom. The minimum Gasteiger partial charge on any atom is -0.483 e. The second-order valence-corrected chi connectivity index (χ2v) is 4.67. The molecule has 0 bridgehead atoms. The van der Waals surface area contributed by atoms with Gasteiger partial charge in [0.15, 0.2) is 12.7 Å². The molecule has 0 unspecified atom stereocenters. The molecule has 20 heavy (non-hydrogen) atoms. The summed E-state index contributed by atoms with van der Waals surface area (Å²) in [5, 5.41) is 19.8. The quantitative estimate of drug-likeness (QED) is 0.708. The molecule has 3 N–H and O–H groups in total. The molecule has 1 amide bonds. The van der Waals surface area contributed by atoms with Crippen LogP contribution in [0.4, 0.5) is 0 Å². The smallest absolute Gasteiger partial charge is 0.334 e. The van der Waals surface area contributed by atoms with Gasteiger partial charge in [-0.15, -0.1) is 0 Å². The fourth-order valence-electron chi connectivity index (χ4n) is 1.88. The number of carbonyl (C=O) groups excluding carboxylic acids is 1. The molecular formula is C14H19NO5. The van der Waals surface area contributed by atoms with Crippen LogP contribution in [0.15, 0.2) is 12.1 Å². The molecule has 0 saturated carbocycles. The number of aliphatic carboxylic acids is 1. The van der Waals surface area contributed by atoms with E-state index in [-0.39, 0.29) is 13.2 Å². The average molecular weight is 281 g/mol. The lowest BCUT2D eigenvalue weighted by Crippen LogP contribution is -2.38. The highest BCUT2D eigenvalue weighted by Gasteiger charge is 2.14. The summed E-state index contributed by atoms with van der Waals surface area (Å²) in [6, 6.07) is 3.91. The van der Waals surface area contributed by atoms with Gasteiger partial charge < -0.3 is 20.3 Å². The normalized spacial score (nSPS) is 11.8. The highest BCUT2D eigenvalue weighted by Crippen LogP contribution is 2.24. The number of carboxylic acids is 1. The Morgan fingerprint density at radius 2 is 1.80 bits per heavy atom. The molecule has 0 saturated heterocycles. The van der Waals surface area contributed by atoms with Crippen molar-refractivity contribution in [2.24, 2.45) is 0 Å². The monoisotopic (exact) mass is 281 g/mol. The van der Waals surface area contributed by atoms with Crippen LogP contribution in [-0.2, 0) is 9.59 Å². The summed E-state index contributed by atoms with van der Waals surface area (Å²) in [4.78, 5) is 21.9. The summed E-state index contributed by atoms with van der Waals surface area (Å²) in [5.41, 5.74) is 2.98. The van der Waals surface area contributed by atoms with Crippen molar-refractivity contribution in [3.63, 3.8) is 0 Å². The van der Waals surface area contributed by atoms with Crippen molar-refractivity contribution in [2.45, 2.75) is 26.9 Å². The standard InChI is InChI=1S/C14H19NO5/c1-8-4-9(2)13(10(3)5-8)20-7-12(17)15-6-11(16)14(18)19/h4-5,11,16H,6-7H2,1-3H3,(H,15,17)(H,18,19)/t11-/m0/s1. The van der Waals surface area contributed by atoms with E-state index in [9.17, 15) is 9.59 Å². The summed E-state index contributed by atoms with van der Waals surface area (Å²) in [6.07, 6.45) is -1.61. The second-order valence-electron chi connectivity index (χ2n) is 4.67. The molecule has 6 nitrogen and oxygen atoms in total. The van der Waals surface area contributed by atoms with Gasteiger partial charge in [-0.3, -0.25) is 4.79 Å². The molecule has 0 fully saturated rings. The minimum absolute atomic E-state index is 0.225. The van der Waals surface area contributed by atoms with E-state index in [2.05, 4.69) is 5.32 Å². The number of aliphatic hydroxyl groups is 1. The molecule has 110 valence electrons. The van der Waals surface area contributed by atoms with Gasteiger partial charge in [-0.05, 0) is 31.9 Å². The zero-order chi connectivity index (χ0) is 15.3. The number of hydrogen-bond acceptors (Lipinski definition) is 4. The topological polar surface area (TPSA) is 95.9 Å². The number of ether oxygens (including phenoxy) is 1. The van der Waals surface area contributed by atoms with Crippen molar-refractivity contribution >= 4 is 11.9 Å². The maximum atomic E-state index is 11.5. The Morgan fingerprint density at radius 1 is 1.25 bits per heavy atom. The van der Waals surface area contributed by atoms with Gasteiger partial charge in [0.25, 0.3) is 5.91 Å². The van der Waals surface area contributed by atoms with E-state index in [1.165, 1.54) is 0 Å². The van der Waals surface area contributed by atoms with E-state index >= 15 is 0 Å². The van der Waals surface area contributed by atoms with E-state index in [1.807, 2.05) is 32.9 Å². The van der Waals surface area contributed by atoms with Gasteiger partial charge in [0.05, 0.1) is 6.54 Å². The lowest BCUT2D eigenvalue weighted by atomic mass is 10.1. The Balaban J connectivity index is 2.51. The van der Waals surface area contributed by atoms with Gasteiger partial charge in [0.1, 0.15) is 5.75 Å². The highest BCUT2D eigenvalue weighted by molar-refractivity contribution is 5.79. The SMILES string of the molecule is Cc1cc(C)c(OCC(=O)NC[C@H](O)C(=O)O)c(C)c1. The zero-order valence-electron chi connectivity index (χ0n) is 11.8.